The molecule has 7 heteroatoms. The van der Waals surface area contributed by atoms with Crippen molar-refractivity contribution < 1.29 is 14.6 Å². The Kier molecular flexibility index (Phi) is 7.89. The number of carbonyl (C=O) groups excluding carboxylic acids is 1. The van der Waals surface area contributed by atoms with Gasteiger partial charge in [-0.15, -0.1) is 0 Å². The molecule has 7 nitrogen and oxygen atoms in total. The molecule has 0 bridgehead atoms. The van der Waals surface area contributed by atoms with Gasteiger partial charge in [-0.3, -0.25) is 4.79 Å². The number of nitrogens with one attached hydrogen (secondary N) is 2. The molecule has 2 fully saturated rings. The number of aliphatic hydroxyl groups excluding tert-OH is 1. The highest BCUT2D eigenvalue weighted by Crippen LogP contribution is 2.31. The van der Waals surface area contributed by atoms with Gasteiger partial charge >= 0.3 is 0 Å². The Labute approximate surface area is 173 Å². The lowest BCUT2D eigenvalue weighted by molar-refractivity contribution is -0.128. The second-order valence-electron chi connectivity index (χ2n) is 8.01. The maximum Gasteiger partial charge on any atom is 0.222 e. The Morgan fingerprint density at radius 2 is 2.14 bits per heavy atom. The summed E-state index contributed by atoms with van der Waals surface area (Å²) in [6.45, 7) is 7.19. The summed E-state index contributed by atoms with van der Waals surface area (Å²) in [5.74, 6) is 1.01. The SMILES string of the molecule is CCNC(=NCc1ccccc1CN1CCCC1=O)NCC1(CCO)CCOC1. The van der Waals surface area contributed by atoms with Crippen LogP contribution in [-0.2, 0) is 22.6 Å². The van der Waals surface area contributed by atoms with E-state index in [1.807, 2.05) is 24.0 Å². The molecule has 3 rings (SSSR count). The number of ether oxygens (including phenoxy) is 1. The summed E-state index contributed by atoms with van der Waals surface area (Å²) in [6, 6.07) is 8.21. The molecular formula is C22H34N4O3. The van der Waals surface area contributed by atoms with Gasteiger partial charge in [0, 0.05) is 51.2 Å². The molecule has 0 aliphatic carbocycles. The van der Waals surface area contributed by atoms with Gasteiger partial charge in [0.1, 0.15) is 0 Å². The molecule has 1 amide bonds. The maximum absolute atomic E-state index is 12.0. The van der Waals surface area contributed by atoms with Crippen LogP contribution >= 0.6 is 0 Å². The summed E-state index contributed by atoms with van der Waals surface area (Å²) in [4.78, 5) is 18.7. The number of aliphatic hydroxyl groups is 1. The van der Waals surface area contributed by atoms with Crippen molar-refractivity contribution in [1.29, 1.82) is 0 Å². The average molecular weight is 403 g/mol. The molecule has 1 atom stereocenters. The van der Waals surface area contributed by atoms with Crippen molar-refractivity contribution in [3.63, 3.8) is 0 Å². The Morgan fingerprint density at radius 3 is 2.79 bits per heavy atom. The first-order valence-corrected chi connectivity index (χ1v) is 10.7. The molecule has 0 aromatic heterocycles. The fourth-order valence-corrected chi connectivity index (χ4v) is 4.03. The quantitative estimate of drug-likeness (QED) is 0.432. The first-order chi connectivity index (χ1) is 14.2. The highest BCUT2D eigenvalue weighted by atomic mass is 16.5. The third kappa shape index (κ3) is 5.93. The highest BCUT2D eigenvalue weighted by molar-refractivity contribution is 5.80. The standard InChI is InChI=1S/C22H34N4O3/c1-2-23-21(25-16-22(9-12-27)10-13-29-17-22)24-14-18-6-3-4-7-19(18)15-26-11-5-8-20(26)28/h3-4,6-7,27H,2,5,8-17H2,1H3,(H2,23,24,25). The van der Waals surface area contributed by atoms with Crippen LogP contribution in [0.1, 0.15) is 43.7 Å². The predicted molar refractivity (Wildman–Crippen MR) is 113 cm³/mol. The Bertz CT molecular complexity index is 701. The van der Waals surface area contributed by atoms with E-state index in [0.717, 1.165) is 62.6 Å². The lowest BCUT2D eigenvalue weighted by Crippen LogP contribution is -2.44. The number of hydrogen-bond donors (Lipinski definition) is 3. The first kappa shape index (κ1) is 21.6. The molecule has 0 saturated carbocycles. The van der Waals surface area contributed by atoms with Crippen LogP contribution in [0.25, 0.3) is 0 Å². The molecule has 160 valence electrons. The molecule has 29 heavy (non-hydrogen) atoms. The third-order valence-corrected chi connectivity index (χ3v) is 5.86. The van der Waals surface area contributed by atoms with Crippen LogP contribution in [0.15, 0.2) is 29.3 Å². The fraction of sp³-hybridized carbons (Fsp3) is 0.636. The number of rotatable bonds is 9. The normalized spacial score (nSPS) is 22.3. The van der Waals surface area contributed by atoms with Crippen molar-refractivity contribution in [2.75, 3.05) is 39.5 Å². The van der Waals surface area contributed by atoms with Crippen molar-refractivity contribution in [3.05, 3.63) is 35.4 Å². The zero-order chi connectivity index (χ0) is 20.5. The number of likely N-dealkylation sites (tertiary alicyclic amines) is 1. The molecule has 0 spiro atoms. The van der Waals surface area contributed by atoms with Gasteiger partial charge in [0.25, 0.3) is 0 Å². The van der Waals surface area contributed by atoms with E-state index in [2.05, 4.69) is 22.8 Å². The van der Waals surface area contributed by atoms with Gasteiger partial charge in [-0.2, -0.15) is 0 Å². The Hall–Kier alpha value is -2.12. The fourth-order valence-electron chi connectivity index (χ4n) is 4.03. The average Bonchev–Trinajstić information content (AvgIpc) is 3.35. The lowest BCUT2D eigenvalue weighted by Gasteiger charge is -2.27. The van der Waals surface area contributed by atoms with E-state index >= 15 is 0 Å². The lowest BCUT2D eigenvalue weighted by atomic mass is 9.84. The zero-order valence-corrected chi connectivity index (χ0v) is 17.5. The number of nitrogens with zero attached hydrogens (tertiary/aromatic N) is 2. The van der Waals surface area contributed by atoms with Crippen LogP contribution in [0.4, 0.5) is 0 Å². The van der Waals surface area contributed by atoms with E-state index in [1.54, 1.807) is 0 Å². The summed E-state index contributed by atoms with van der Waals surface area (Å²) < 4.78 is 5.58. The number of amides is 1. The minimum Gasteiger partial charge on any atom is -0.396 e. The van der Waals surface area contributed by atoms with E-state index < -0.39 is 0 Å². The Morgan fingerprint density at radius 1 is 1.31 bits per heavy atom. The van der Waals surface area contributed by atoms with Crippen LogP contribution in [0.2, 0.25) is 0 Å². The van der Waals surface area contributed by atoms with Crippen molar-refractivity contribution in [2.45, 2.75) is 45.7 Å². The smallest absolute Gasteiger partial charge is 0.222 e. The third-order valence-electron chi connectivity index (χ3n) is 5.86. The molecular weight excluding hydrogens is 368 g/mol. The minimum atomic E-state index is -0.0288. The van der Waals surface area contributed by atoms with Gasteiger partial charge in [0.2, 0.25) is 5.91 Å². The van der Waals surface area contributed by atoms with Crippen molar-refractivity contribution >= 4 is 11.9 Å². The first-order valence-electron chi connectivity index (χ1n) is 10.7. The van der Waals surface area contributed by atoms with E-state index in [-0.39, 0.29) is 17.9 Å². The van der Waals surface area contributed by atoms with Gasteiger partial charge < -0.3 is 25.4 Å². The van der Waals surface area contributed by atoms with E-state index in [9.17, 15) is 9.90 Å². The van der Waals surface area contributed by atoms with E-state index in [4.69, 9.17) is 9.73 Å². The number of benzene rings is 1. The van der Waals surface area contributed by atoms with Gasteiger partial charge in [-0.25, -0.2) is 4.99 Å². The van der Waals surface area contributed by atoms with E-state index in [0.29, 0.717) is 26.1 Å². The van der Waals surface area contributed by atoms with E-state index in [1.165, 1.54) is 0 Å². The van der Waals surface area contributed by atoms with Crippen LogP contribution in [0.5, 0.6) is 0 Å². The largest absolute Gasteiger partial charge is 0.396 e. The summed E-state index contributed by atoms with van der Waals surface area (Å²) in [5.41, 5.74) is 2.26. The summed E-state index contributed by atoms with van der Waals surface area (Å²) in [5, 5.41) is 16.2. The van der Waals surface area contributed by atoms with Gasteiger partial charge in [0.15, 0.2) is 5.96 Å². The van der Waals surface area contributed by atoms with Crippen LogP contribution < -0.4 is 10.6 Å². The number of guanidine groups is 1. The molecule has 2 saturated heterocycles. The minimum absolute atomic E-state index is 0.0288. The van der Waals surface area contributed by atoms with Crippen molar-refractivity contribution in [1.82, 2.24) is 15.5 Å². The van der Waals surface area contributed by atoms with Gasteiger partial charge in [-0.1, -0.05) is 24.3 Å². The molecule has 3 N–H and O–H groups in total. The molecule has 1 aromatic carbocycles. The molecule has 2 aliphatic heterocycles. The zero-order valence-electron chi connectivity index (χ0n) is 17.5. The predicted octanol–water partition coefficient (Wildman–Crippen LogP) is 1.65. The number of aliphatic imine (C=N–C) groups is 1. The van der Waals surface area contributed by atoms with Crippen LogP contribution in [-0.4, -0.2) is 61.3 Å². The second-order valence-corrected chi connectivity index (χ2v) is 8.01. The summed E-state index contributed by atoms with van der Waals surface area (Å²) in [6.07, 6.45) is 3.29. The monoisotopic (exact) mass is 402 g/mol. The molecule has 0 radical (unpaired) electrons. The summed E-state index contributed by atoms with van der Waals surface area (Å²) >= 11 is 0. The highest BCUT2D eigenvalue weighted by Gasteiger charge is 2.34. The molecule has 1 unspecified atom stereocenters. The number of carbonyl (C=O) groups is 1. The van der Waals surface area contributed by atoms with Gasteiger partial charge in [0.05, 0.1) is 13.2 Å². The molecule has 2 aliphatic rings. The maximum atomic E-state index is 12.0. The second kappa shape index (κ2) is 10.6. The topological polar surface area (TPSA) is 86.2 Å². The van der Waals surface area contributed by atoms with Crippen molar-refractivity contribution in [3.8, 4) is 0 Å². The van der Waals surface area contributed by atoms with Crippen LogP contribution in [0, 0.1) is 5.41 Å². The Balaban J connectivity index is 1.64. The van der Waals surface area contributed by atoms with Crippen LogP contribution in [0.3, 0.4) is 0 Å². The molecule has 1 aromatic rings. The summed E-state index contributed by atoms with van der Waals surface area (Å²) in [7, 11) is 0. The number of hydrogen-bond acceptors (Lipinski definition) is 4. The van der Waals surface area contributed by atoms with Gasteiger partial charge in [-0.05, 0) is 37.3 Å². The van der Waals surface area contributed by atoms with Crippen molar-refractivity contribution in [2.24, 2.45) is 10.4 Å². The molecule has 2 heterocycles.